The summed E-state index contributed by atoms with van der Waals surface area (Å²) in [5.74, 6) is 1.95. The molecule has 1 nitrogen and oxygen atoms in total. The van der Waals surface area contributed by atoms with Crippen LogP contribution < -0.4 is 0 Å². The summed E-state index contributed by atoms with van der Waals surface area (Å²) in [6.45, 7) is 4.39. The van der Waals surface area contributed by atoms with E-state index >= 15 is 0 Å². The molecule has 0 heterocycles. The Labute approximate surface area is 88.5 Å². The van der Waals surface area contributed by atoms with E-state index in [4.69, 9.17) is 0 Å². The zero-order valence-corrected chi connectivity index (χ0v) is 9.84. The normalized spacial score (nSPS) is 38.1. The third-order valence-corrected chi connectivity index (χ3v) is 5.54. The van der Waals surface area contributed by atoms with E-state index < -0.39 is 0 Å². The van der Waals surface area contributed by atoms with Crippen molar-refractivity contribution in [1.82, 2.24) is 0 Å². The van der Waals surface area contributed by atoms with E-state index in [-0.39, 0.29) is 10.5 Å². The van der Waals surface area contributed by atoms with E-state index in [1.54, 1.807) is 5.57 Å². The van der Waals surface area contributed by atoms with E-state index in [0.717, 1.165) is 5.92 Å². The van der Waals surface area contributed by atoms with Crippen molar-refractivity contribution < 1.29 is 5.11 Å². The standard InChI is InChI=1S/C12H18OS/c1-4-14(3)12-10(13)6-5-9-7-8(2)11(9)12/h4-6,8,11-13H,7H2,1-3H3/t8-,11?,12?,14?/m0/s1. The van der Waals surface area contributed by atoms with Gasteiger partial charge in [-0.3, -0.25) is 0 Å². The molecular formula is C12H18OS. The van der Waals surface area contributed by atoms with Crippen molar-refractivity contribution in [2.75, 3.05) is 6.26 Å². The molecule has 2 rings (SSSR count). The number of hydrogen-bond donors (Lipinski definition) is 1. The molecule has 3 unspecified atom stereocenters. The molecule has 0 radical (unpaired) electrons. The van der Waals surface area contributed by atoms with Gasteiger partial charge in [-0.1, -0.05) is 23.9 Å². The molecule has 0 aromatic carbocycles. The van der Waals surface area contributed by atoms with Crippen molar-refractivity contribution in [3.8, 4) is 0 Å². The number of aliphatic hydroxyl groups is 1. The van der Waals surface area contributed by atoms with Gasteiger partial charge in [0.1, 0.15) is 5.76 Å². The van der Waals surface area contributed by atoms with Crippen LogP contribution >= 0.6 is 10.5 Å². The first-order valence-corrected chi connectivity index (χ1v) is 6.93. The van der Waals surface area contributed by atoms with E-state index in [2.05, 4.69) is 31.5 Å². The molecular weight excluding hydrogens is 192 g/mol. The summed E-state index contributed by atoms with van der Waals surface area (Å²) >= 11 is 0. The summed E-state index contributed by atoms with van der Waals surface area (Å²) in [4.78, 5) is 0. The molecule has 14 heavy (non-hydrogen) atoms. The summed E-state index contributed by atoms with van der Waals surface area (Å²) < 4.78 is 0. The minimum atomic E-state index is 0.202. The molecule has 0 aromatic heterocycles. The third kappa shape index (κ3) is 1.36. The van der Waals surface area contributed by atoms with Crippen molar-refractivity contribution in [3.05, 3.63) is 23.5 Å². The first-order valence-electron chi connectivity index (χ1n) is 5.17. The van der Waals surface area contributed by atoms with Gasteiger partial charge in [-0.2, -0.15) is 10.5 Å². The van der Waals surface area contributed by atoms with Gasteiger partial charge in [0, 0.05) is 5.92 Å². The lowest BCUT2D eigenvalue weighted by Gasteiger charge is -2.45. The number of allylic oxidation sites excluding steroid dienone is 3. The van der Waals surface area contributed by atoms with Gasteiger partial charge in [0.05, 0.1) is 5.25 Å². The average molecular weight is 210 g/mol. The van der Waals surface area contributed by atoms with E-state index in [1.165, 1.54) is 6.42 Å². The van der Waals surface area contributed by atoms with Crippen molar-refractivity contribution in [1.29, 1.82) is 0 Å². The van der Waals surface area contributed by atoms with Gasteiger partial charge in [0.2, 0.25) is 0 Å². The van der Waals surface area contributed by atoms with Gasteiger partial charge in [-0.25, -0.2) is 0 Å². The van der Waals surface area contributed by atoms with Crippen LogP contribution in [0.5, 0.6) is 0 Å². The summed E-state index contributed by atoms with van der Waals surface area (Å²) in [7, 11) is 0.202. The van der Waals surface area contributed by atoms with Crippen LogP contribution in [0.25, 0.3) is 0 Å². The SMILES string of the molecule is C/C=S(/C)C1C(O)=CC=C2C[C@H](C)C21. The van der Waals surface area contributed by atoms with Gasteiger partial charge < -0.3 is 5.11 Å². The van der Waals surface area contributed by atoms with Crippen LogP contribution in [0.1, 0.15) is 20.3 Å². The fourth-order valence-electron chi connectivity index (χ4n) is 2.55. The molecule has 4 atom stereocenters. The topological polar surface area (TPSA) is 20.2 Å². The number of hydrogen-bond acceptors (Lipinski definition) is 1. The lowest BCUT2D eigenvalue weighted by atomic mass is 9.66. The lowest BCUT2D eigenvalue weighted by molar-refractivity contribution is 0.259. The second-order valence-electron chi connectivity index (χ2n) is 4.30. The summed E-state index contributed by atoms with van der Waals surface area (Å²) in [5.41, 5.74) is 1.54. The van der Waals surface area contributed by atoms with Crippen LogP contribution in [0.3, 0.4) is 0 Å². The van der Waals surface area contributed by atoms with Crippen molar-refractivity contribution >= 4 is 15.9 Å². The molecule has 0 saturated heterocycles. The van der Waals surface area contributed by atoms with Gasteiger partial charge in [0.25, 0.3) is 0 Å². The summed E-state index contributed by atoms with van der Waals surface area (Å²) in [5, 5.41) is 12.5. The first kappa shape index (κ1) is 10.0. The van der Waals surface area contributed by atoms with Crippen LogP contribution in [0, 0.1) is 11.8 Å². The molecule has 0 aromatic rings. The molecule has 1 fully saturated rings. The molecule has 1 N–H and O–H groups in total. The first-order chi connectivity index (χ1) is 6.65. The Bertz CT molecular complexity index is 338. The Balaban J connectivity index is 2.32. The van der Waals surface area contributed by atoms with Crippen LogP contribution in [-0.2, 0) is 0 Å². The molecule has 0 spiro atoms. The van der Waals surface area contributed by atoms with Crippen molar-refractivity contribution in [2.45, 2.75) is 25.5 Å². The monoisotopic (exact) mass is 210 g/mol. The van der Waals surface area contributed by atoms with Crippen LogP contribution in [0.2, 0.25) is 0 Å². The number of rotatable bonds is 1. The zero-order chi connectivity index (χ0) is 10.3. The predicted octanol–water partition coefficient (Wildman–Crippen LogP) is 3.11. The highest BCUT2D eigenvalue weighted by molar-refractivity contribution is 8.15. The van der Waals surface area contributed by atoms with Crippen LogP contribution in [0.4, 0.5) is 0 Å². The van der Waals surface area contributed by atoms with Gasteiger partial charge in [0.15, 0.2) is 0 Å². The van der Waals surface area contributed by atoms with Crippen LogP contribution in [0.15, 0.2) is 23.5 Å². The molecule has 2 heteroatoms. The van der Waals surface area contributed by atoms with Crippen molar-refractivity contribution in [3.63, 3.8) is 0 Å². The Morgan fingerprint density at radius 3 is 2.79 bits per heavy atom. The Hall–Kier alpha value is -0.500. The molecule has 0 amide bonds. The molecule has 0 aliphatic heterocycles. The molecule has 1 saturated carbocycles. The quantitative estimate of drug-likeness (QED) is 0.659. The molecule has 2 aliphatic rings. The van der Waals surface area contributed by atoms with E-state index in [0.29, 0.717) is 16.9 Å². The predicted molar refractivity (Wildman–Crippen MR) is 65.1 cm³/mol. The minimum Gasteiger partial charge on any atom is -0.511 e. The summed E-state index contributed by atoms with van der Waals surface area (Å²) in [6.07, 6.45) is 7.47. The van der Waals surface area contributed by atoms with E-state index in [9.17, 15) is 5.11 Å². The third-order valence-electron chi connectivity index (χ3n) is 3.46. The van der Waals surface area contributed by atoms with Gasteiger partial charge in [-0.05, 0) is 31.6 Å². The highest BCUT2D eigenvalue weighted by Crippen LogP contribution is 2.50. The van der Waals surface area contributed by atoms with E-state index in [1.807, 2.05) is 6.08 Å². The highest BCUT2D eigenvalue weighted by atomic mass is 32.2. The Kier molecular flexibility index (Phi) is 2.56. The van der Waals surface area contributed by atoms with Crippen molar-refractivity contribution in [2.24, 2.45) is 11.8 Å². The van der Waals surface area contributed by atoms with Gasteiger partial charge >= 0.3 is 0 Å². The maximum absolute atomic E-state index is 9.91. The minimum absolute atomic E-state index is 0.202. The fourth-order valence-corrected chi connectivity index (χ4v) is 4.21. The highest BCUT2D eigenvalue weighted by Gasteiger charge is 2.42. The smallest absolute Gasteiger partial charge is 0.105 e. The number of fused-ring (bicyclic) bond motifs is 1. The molecule has 2 aliphatic carbocycles. The molecule has 0 bridgehead atoms. The zero-order valence-electron chi connectivity index (χ0n) is 9.03. The number of aliphatic hydroxyl groups excluding tert-OH is 1. The summed E-state index contributed by atoms with van der Waals surface area (Å²) in [6, 6.07) is 0. The maximum Gasteiger partial charge on any atom is 0.105 e. The largest absolute Gasteiger partial charge is 0.511 e. The Morgan fingerprint density at radius 2 is 2.21 bits per heavy atom. The fraction of sp³-hybridized carbons (Fsp3) is 0.583. The second-order valence-corrected chi connectivity index (χ2v) is 6.50. The van der Waals surface area contributed by atoms with Gasteiger partial charge in [-0.15, -0.1) is 0 Å². The van der Waals surface area contributed by atoms with Crippen LogP contribution in [-0.4, -0.2) is 22.0 Å². The lowest BCUT2D eigenvalue weighted by Crippen LogP contribution is -2.38. The Morgan fingerprint density at radius 1 is 1.50 bits per heavy atom. The maximum atomic E-state index is 9.91. The average Bonchev–Trinajstić information content (AvgIpc) is 2.17. The molecule has 78 valence electrons. The second kappa shape index (κ2) is 3.58.